The third-order valence-electron chi connectivity index (χ3n) is 5.78. The van der Waals surface area contributed by atoms with Crippen LogP contribution in [-0.4, -0.2) is 36.2 Å². The summed E-state index contributed by atoms with van der Waals surface area (Å²) in [6.45, 7) is 0. The zero-order valence-electron chi connectivity index (χ0n) is 15.2. The van der Waals surface area contributed by atoms with E-state index in [2.05, 4.69) is 9.47 Å². The van der Waals surface area contributed by atoms with E-state index in [0.29, 0.717) is 12.1 Å². The molecule has 0 radical (unpaired) electrons. The first-order valence-corrected chi connectivity index (χ1v) is 8.78. The summed E-state index contributed by atoms with van der Waals surface area (Å²) in [4.78, 5) is 47.3. The lowest BCUT2D eigenvalue weighted by atomic mass is 9.64. The quantitative estimate of drug-likeness (QED) is 0.342. The summed E-state index contributed by atoms with van der Waals surface area (Å²) in [7, 11) is 0. The molecule has 0 unspecified atom stereocenters. The molecule has 0 atom stereocenters. The number of carbonyl (C=O) groups is 4. The maximum absolute atomic E-state index is 14.4. The summed E-state index contributed by atoms with van der Waals surface area (Å²) in [5.41, 5.74) is -10.7. The van der Waals surface area contributed by atoms with Gasteiger partial charge in [0.05, 0.1) is 22.3 Å². The summed E-state index contributed by atoms with van der Waals surface area (Å²) in [6.07, 6.45) is -12.5. The van der Waals surface area contributed by atoms with Crippen LogP contribution >= 0.6 is 0 Å². The van der Waals surface area contributed by atoms with E-state index in [1.807, 2.05) is 0 Å². The number of benzene rings is 2. The molecule has 2 aromatic rings. The molecule has 0 amide bonds. The molecule has 2 heterocycles. The van der Waals surface area contributed by atoms with Gasteiger partial charge in [0.15, 0.2) is 0 Å². The predicted octanol–water partition coefficient (Wildman–Crippen LogP) is 3.62. The highest BCUT2D eigenvalue weighted by Crippen LogP contribution is 2.60. The smallest absolute Gasteiger partial charge is 0.386 e. The molecule has 0 fully saturated rings. The third kappa shape index (κ3) is 2.26. The molecule has 2 aromatic carbocycles. The van der Waals surface area contributed by atoms with Gasteiger partial charge < -0.3 is 9.47 Å². The SMILES string of the molecule is O=C1OC(=O)c2cc3c(cc21)Cc1cc2c(cc1C3(C(F)(F)F)C(F)(F)F)C(=O)OC2=O. The number of cyclic esters (lactones) is 4. The third-order valence-corrected chi connectivity index (χ3v) is 5.78. The van der Waals surface area contributed by atoms with Gasteiger partial charge in [-0.1, -0.05) is 0 Å². The van der Waals surface area contributed by atoms with Crippen LogP contribution in [0.4, 0.5) is 26.3 Å². The zero-order valence-corrected chi connectivity index (χ0v) is 15.2. The largest absolute Gasteiger partial charge is 0.411 e. The number of fused-ring (bicyclic) bond motifs is 4. The maximum atomic E-state index is 14.4. The van der Waals surface area contributed by atoms with Gasteiger partial charge in [0.2, 0.25) is 5.41 Å². The van der Waals surface area contributed by atoms with E-state index in [4.69, 9.17) is 0 Å². The van der Waals surface area contributed by atoms with Crippen molar-refractivity contribution in [2.24, 2.45) is 0 Å². The topological polar surface area (TPSA) is 86.7 Å². The lowest BCUT2D eigenvalue weighted by Gasteiger charge is -2.43. The molecule has 12 heteroatoms. The Balaban J connectivity index is 1.93. The molecule has 0 N–H and O–H groups in total. The van der Waals surface area contributed by atoms with Crippen molar-refractivity contribution in [1.82, 2.24) is 0 Å². The fourth-order valence-electron chi connectivity index (χ4n) is 4.47. The lowest BCUT2D eigenvalue weighted by molar-refractivity contribution is -0.289. The van der Waals surface area contributed by atoms with Crippen molar-refractivity contribution in [2.45, 2.75) is 24.2 Å². The first-order valence-electron chi connectivity index (χ1n) is 8.78. The number of ether oxygens (including phenoxy) is 2. The van der Waals surface area contributed by atoms with E-state index >= 15 is 0 Å². The van der Waals surface area contributed by atoms with Crippen molar-refractivity contribution in [3.63, 3.8) is 0 Å². The first-order chi connectivity index (χ1) is 14.8. The van der Waals surface area contributed by atoms with Gasteiger partial charge in [0.25, 0.3) is 0 Å². The Kier molecular flexibility index (Phi) is 3.63. The first kappa shape index (κ1) is 20.2. The van der Waals surface area contributed by atoms with Crippen molar-refractivity contribution >= 4 is 23.9 Å². The maximum Gasteiger partial charge on any atom is 0.411 e. The summed E-state index contributed by atoms with van der Waals surface area (Å²) < 4.78 is 95.1. The molecule has 0 saturated heterocycles. The van der Waals surface area contributed by atoms with Crippen LogP contribution < -0.4 is 0 Å². The van der Waals surface area contributed by atoms with Gasteiger partial charge in [0, 0.05) is 0 Å². The van der Waals surface area contributed by atoms with E-state index in [0.717, 1.165) is 12.1 Å². The lowest BCUT2D eigenvalue weighted by Crippen LogP contribution is -2.57. The fraction of sp³-hybridized carbons (Fsp3) is 0.200. The molecule has 0 bridgehead atoms. The number of hydrogen-bond acceptors (Lipinski definition) is 6. The zero-order chi connectivity index (χ0) is 23.4. The predicted molar refractivity (Wildman–Crippen MR) is 88.1 cm³/mol. The van der Waals surface area contributed by atoms with Crippen LogP contribution in [0.15, 0.2) is 24.3 Å². The van der Waals surface area contributed by atoms with Crippen molar-refractivity contribution in [3.05, 3.63) is 68.8 Å². The minimum atomic E-state index is -5.99. The molecule has 2 aliphatic heterocycles. The van der Waals surface area contributed by atoms with Gasteiger partial charge in [0.1, 0.15) is 0 Å². The number of alkyl halides is 6. The van der Waals surface area contributed by atoms with Crippen LogP contribution in [0.25, 0.3) is 0 Å². The summed E-state index contributed by atoms with van der Waals surface area (Å²) in [5.74, 6) is -5.15. The van der Waals surface area contributed by atoms with Crippen LogP contribution in [0, 0.1) is 0 Å². The molecule has 6 nitrogen and oxygen atoms in total. The molecule has 1 aliphatic carbocycles. The number of rotatable bonds is 0. The van der Waals surface area contributed by atoms with Gasteiger partial charge in [-0.2, -0.15) is 26.3 Å². The highest BCUT2D eigenvalue weighted by atomic mass is 19.4. The Hall–Kier alpha value is -3.70. The van der Waals surface area contributed by atoms with Crippen LogP contribution in [0.5, 0.6) is 0 Å². The Morgan fingerprint density at radius 3 is 1.22 bits per heavy atom. The monoisotopic (exact) mass is 456 g/mol. The van der Waals surface area contributed by atoms with E-state index in [1.54, 1.807) is 0 Å². The summed E-state index contributed by atoms with van der Waals surface area (Å²) in [6, 6.07) is 2.23. The van der Waals surface area contributed by atoms with Gasteiger partial charge in [-0.3, -0.25) is 0 Å². The van der Waals surface area contributed by atoms with Gasteiger partial charge in [-0.05, 0) is 52.9 Å². The average Bonchev–Trinajstić information content (AvgIpc) is 3.09. The molecule has 0 aromatic heterocycles. The molecule has 0 saturated carbocycles. The molecular formula is C20H6F6O6. The Morgan fingerprint density at radius 2 is 0.906 bits per heavy atom. The minimum absolute atomic E-state index is 0.360. The molecular weight excluding hydrogens is 450 g/mol. The van der Waals surface area contributed by atoms with Crippen molar-refractivity contribution in [3.8, 4) is 0 Å². The summed E-state index contributed by atoms with van der Waals surface area (Å²) in [5, 5.41) is 0. The number of halogens is 6. The van der Waals surface area contributed by atoms with Gasteiger partial charge >= 0.3 is 36.2 Å². The summed E-state index contributed by atoms with van der Waals surface area (Å²) >= 11 is 0. The van der Waals surface area contributed by atoms with Crippen LogP contribution in [-0.2, 0) is 21.3 Å². The van der Waals surface area contributed by atoms with Gasteiger partial charge in [-0.25, -0.2) is 19.2 Å². The van der Waals surface area contributed by atoms with Crippen LogP contribution in [0.1, 0.15) is 63.7 Å². The molecule has 164 valence electrons. The van der Waals surface area contributed by atoms with Crippen LogP contribution in [0.2, 0.25) is 0 Å². The normalized spacial score (nSPS) is 18.6. The van der Waals surface area contributed by atoms with Gasteiger partial charge in [-0.15, -0.1) is 0 Å². The number of esters is 4. The minimum Gasteiger partial charge on any atom is -0.386 e. The van der Waals surface area contributed by atoms with E-state index in [9.17, 15) is 45.5 Å². The van der Waals surface area contributed by atoms with Crippen molar-refractivity contribution in [2.75, 3.05) is 0 Å². The van der Waals surface area contributed by atoms with E-state index in [1.165, 1.54) is 0 Å². The van der Waals surface area contributed by atoms with E-state index < -0.39 is 92.6 Å². The van der Waals surface area contributed by atoms with Crippen LogP contribution in [0.3, 0.4) is 0 Å². The molecule has 5 rings (SSSR count). The average molecular weight is 456 g/mol. The second kappa shape index (κ2) is 5.75. The Bertz CT molecular complexity index is 1200. The second-order valence-corrected chi connectivity index (χ2v) is 7.39. The molecule has 3 aliphatic rings. The highest BCUT2D eigenvalue weighted by Gasteiger charge is 2.74. The van der Waals surface area contributed by atoms with Crippen molar-refractivity contribution < 1.29 is 55.0 Å². The van der Waals surface area contributed by atoms with E-state index in [-0.39, 0.29) is 0 Å². The number of hydrogen-bond donors (Lipinski definition) is 0. The fourth-order valence-corrected chi connectivity index (χ4v) is 4.47. The standard InChI is InChI=1S/C20H6F6O6/c21-19(22,23)18(20(24,25)26)12-4-10-8(14(27)31-16(10)29)2-6(12)1-7-3-9-11(5-13(7)18)17(30)32-15(9)28/h2-5H,1H2. The highest BCUT2D eigenvalue weighted by molar-refractivity contribution is 6.16. The van der Waals surface area contributed by atoms with Crippen molar-refractivity contribution in [1.29, 1.82) is 0 Å². The Labute approximate surface area is 172 Å². The molecule has 32 heavy (non-hydrogen) atoms. The number of carbonyl (C=O) groups excluding carboxylic acids is 4. The Morgan fingerprint density at radius 1 is 0.594 bits per heavy atom. The molecule has 0 spiro atoms. The second-order valence-electron chi connectivity index (χ2n) is 7.39.